The molecule has 92 valence electrons. The van der Waals surface area contributed by atoms with Crippen LogP contribution >= 0.6 is 0 Å². The zero-order chi connectivity index (χ0) is 12.1. The first kappa shape index (κ1) is 15.0. The maximum absolute atomic E-state index is 10.2. The molecule has 0 saturated carbocycles. The smallest absolute Gasteiger partial charge is 0.0622 e. The summed E-state index contributed by atoms with van der Waals surface area (Å²) in [5.41, 5.74) is -0.460. The van der Waals surface area contributed by atoms with Crippen LogP contribution in [0.25, 0.3) is 0 Å². The van der Waals surface area contributed by atoms with Crippen molar-refractivity contribution in [2.24, 2.45) is 17.8 Å². The summed E-state index contributed by atoms with van der Waals surface area (Å²) < 4.78 is 0. The Labute approximate surface area is 96.3 Å². The summed E-state index contributed by atoms with van der Waals surface area (Å²) >= 11 is 0. The molecule has 0 radical (unpaired) electrons. The summed E-state index contributed by atoms with van der Waals surface area (Å²) in [6.07, 6.45) is 4.23. The molecule has 0 rings (SSSR count). The van der Waals surface area contributed by atoms with E-state index in [1.807, 2.05) is 6.92 Å². The van der Waals surface area contributed by atoms with Crippen molar-refractivity contribution in [3.05, 3.63) is 0 Å². The van der Waals surface area contributed by atoms with Crippen LogP contribution < -0.4 is 0 Å². The molecule has 2 unspecified atom stereocenters. The zero-order valence-electron chi connectivity index (χ0n) is 11.5. The van der Waals surface area contributed by atoms with Gasteiger partial charge < -0.3 is 5.11 Å². The Morgan fingerprint density at radius 1 is 1.00 bits per heavy atom. The van der Waals surface area contributed by atoms with Crippen LogP contribution in [-0.2, 0) is 0 Å². The van der Waals surface area contributed by atoms with Crippen LogP contribution in [0.1, 0.15) is 67.2 Å². The van der Waals surface area contributed by atoms with Gasteiger partial charge in [-0.25, -0.2) is 0 Å². The van der Waals surface area contributed by atoms with Crippen LogP contribution in [0.5, 0.6) is 0 Å². The van der Waals surface area contributed by atoms with Crippen molar-refractivity contribution in [3.8, 4) is 0 Å². The van der Waals surface area contributed by atoms with Crippen molar-refractivity contribution in [2.75, 3.05) is 0 Å². The van der Waals surface area contributed by atoms with Gasteiger partial charge in [0.2, 0.25) is 0 Å². The van der Waals surface area contributed by atoms with E-state index in [2.05, 4.69) is 34.6 Å². The number of aliphatic hydroxyl groups is 1. The summed E-state index contributed by atoms with van der Waals surface area (Å²) in [5.74, 6) is 2.06. The minimum absolute atomic E-state index is 0.460. The molecule has 0 bridgehead atoms. The summed E-state index contributed by atoms with van der Waals surface area (Å²) in [7, 11) is 0. The van der Waals surface area contributed by atoms with Gasteiger partial charge in [0, 0.05) is 0 Å². The van der Waals surface area contributed by atoms with Crippen molar-refractivity contribution < 1.29 is 5.11 Å². The Morgan fingerprint density at radius 2 is 1.53 bits per heavy atom. The Hall–Kier alpha value is -0.0400. The van der Waals surface area contributed by atoms with E-state index in [1.165, 1.54) is 6.42 Å². The van der Waals surface area contributed by atoms with Gasteiger partial charge in [0.1, 0.15) is 0 Å². The standard InChI is InChI=1S/C14H30O/c1-11(2)7-8-14(6,15)10-13(5)9-12(3)4/h11-13,15H,7-10H2,1-6H3. The lowest BCUT2D eigenvalue weighted by molar-refractivity contribution is 0.0203. The first-order valence-electron chi connectivity index (χ1n) is 6.45. The normalized spacial score (nSPS) is 18.2. The first-order valence-corrected chi connectivity index (χ1v) is 6.45. The second-order valence-corrected chi connectivity index (χ2v) is 6.37. The number of hydrogen-bond acceptors (Lipinski definition) is 1. The summed E-state index contributed by atoms with van der Waals surface area (Å²) in [6, 6.07) is 0. The molecular formula is C14H30O. The van der Waals surface area contributed by atoms with Crippen molar-refractivity contribution in [2.45, 2.75) is 72.8 Å². The van der Waals surface area contributed by atoms with Crippen molar-refractivity contribution >= 4 is 0 Å². The van der Waals surface area contributed by atoms with E-state index in [1.54, 1.807) is 0 Å². The topological polar surface area (TPSA) is 20.2 Å². The van der Waals surface area contributed by atoms with Gasteiger partial charge in [-0.2, -0.15) is 0 Å². The van der Waals surface area contributed by atoms with E-state index in [9.17, 15) is 5.11 Å². The minimum atomic E-state index is -0.460. The van der Waals surface area contributed by atoms with Crippen LogP contribution in [0.3, 0.4) is 0 Å². The van der Waals surface area contributed by atoms with E-state index in [0.29, 0.717) is 11.8 Å². The van der Waals surface area contributed by atoms with Gasteiger partial charge in [0.05, 0.1) is 5.60 Å². The largest absolute Gasteiger partial charge is 0.390 e. The predicted molar refractivity (Wildman–Crippen MR) is 67.9 cm³/mol. The molecule has 1 nitrogen and oxygen atoms in total. The van der Waals surface area contributed by atoms with Crippen molar-refractivity contribution in [1.82, 2.24) is 0 Å². The van der Waals surface area contributed by atoms with E-state index in [4.69, 9.17) is 0 Å². The van der Waals surface area contributed by atoms with Crippen LogP contribution in [0, 0.1) is 17.8 Å². The van der Waals surface area contributed by atoms with Crippen molar-refractivity contribution in [1.29, 1.82) is 0 Å². The molecule has 0 aromatic carbocycles. The molecule has 0 aromatic rings. The molecular weight excluding hydrogens is 184 g/mol. The van der Waals surface area contributed by atoms with Gasteiger partial charge in [0.25, 0.3) is 0 Å². The summed E-state index contributed by atoms with van der Waals surface area (Å²) in [4.78, 5) is 0. The van der Waals surface area contributed by atoms with Gasteiger partial charge in [-0.3, -0.25) is 0 Å². The number of rotatable bonds is 7. The third kappa shape index (κ3) is 8.92. The Kier molecular flexibility index (Phi) is 6.51. The minimum Gasteiger partial charge on any atom is -0.390 e. The highest BCUT2D eigenvalue weighted by molar-refractivity contribution is 4.76. The van der Waals surface area contributed by atoms with Crippen LogP contribution in [0.2, 0.25) is 0 Å². The van der Waals surface area contributed by atoms with E-state index >= 15 is 0 Å². The highest BCUT2D eigenvalue weighted by atomic mass is 16.3. The third-order valence-corrected chi connectivity index (χ3v) is 2.92. The molecule has 15 heavy (non-hydrogen) atoms. The molecule has 0 aliphatic carbocycles. The molecule has 0 amide bonds. The Balaban J connectivity index is 3.90. The second kappa shape index (κ2) is 6.52. The molecule has 0 spiro atoms. The average Bonchev–Trinajstić information content (AvgIpc) is 1.98. The fraction of sp³-hybridized carbons (Fsp3) is 1.00. The highest BCUT2D eigenvalue weighted by Gasteiger charge is 2.23. The lowest BCUT2D eigenvalue weighted by Crippen LogP contribution is -2.27. The highest BCUT2D eigenvalue weighted by Crippen LogP contribution is 2.27. The van der Waals surface area contributed by atoms with Crippen LogP contribution in [0.4, 0.5) is 0 Å². The Morgan fingerprint density at radius 3 is 1.93 bits per heavy atom. The molecule has 1 heteroatoms. The van der Waals surface area contributed by atoms with Gasteiger partial charge >= 0.3 is 0 Å². The lowest BCUT2D eigenvalue weighted by Gasteiger charge is -2.28. The van der Waals surface area contributed by atoms with Gasteiger partial charge in [-0.1, -0.05) is 34.6 Å². The molecule has 1 N–H and O–H groups in total. The van der Waals surface area contributed by atoms with Crippen LogP contribution in [0.15, 0.2) is 0 Å². The zero-order valence-corrected chi connectivity index (χ0v) is 11.5. The molecule has 0 fully saturated rings. The fourth-order valence-corrected chi connectivity index (χ4v) is 2.34. The van der Waals surface area contributed by atoms with E-state index in [-0.39, 0.29) is 0 Å². The van der Waals surface area contributed by atoms with Gasteiger partial charge in [-0.15, -0.1) is 0 Å². The SMILES string of the molecule is CC(C)CCC(C)(O)CC(C)CC(C)C. The van der Waals surface area contributed by atoms with E-state index in [0.717, 1.165) is 25.2 Å². The Bertz CT molecular complexity index is 159. The molecule has 0 heterocycles. The molecule has 0 saturated heterocycles. The second-order valence-electron chi connectivity index (χ2n) is 6.37. The first-order chi connectivity index (χ1) is 6.73. The maximum atomic E-state index is 10.2. The molecule has 2 atom stereocenters. The molecule has 0 aliphatic heterocycles. The van der Waals surface area contributed by atoms with Gasteiger partial charge in [0.15, 0.2) is 0 Å². The molecule has 0 aromatic heterocycles. The number of hydrogen-bond donors (Lipinski definition) is 1. The summed E-state index contributed by atoms with van der Waals surface area (Å²) in [5, 5.41) is 10.2. The van der Waals surface area contributed by atoms with Gasteiger partial charge in [-0.05, 0) is 50.4 Å². The average molecular weight is 214 g/mol. The molecule has 0 aliphatic rings. The summed E-state index contributed by atoms with van der Waals surface area (Å²) in [6.45, 7) is 13.2. The van der Waals surface area contributed by atoms with E-state index < -0.39 is 5.60 Å². The maximum Gasteiger partial charge on any atom is 0.0622 e. The van der Waals surface area contributed by atoms with Crippen molar-refractivity contribution in [3.63, 3.8) is 0 Å². The predicted octanol–water partition coefficient (Wildman–Crippen LogP) is 4.25. The fourth-order valence-electron chi connectivity index (χ4n) is 2.34. The van der Waals surface area contributed by atoms with Crippen LogP contribution in [-0.4, -0.2) is 10.7 Å². The quantitative estimate of drug-likeness (QED) is 0.672. The lowest BCUT2D eigenvalue weighted by atomic mass is 9.84. The monoisotopic (exact) mass is 214 g/mol. The third-order valence-electron chi connectivity index (χ3n) is 2.92.